The Morgan fingerprint density at radius 1 is 1.24 bits per heavy atom. The summed E-state index contributed by atoms with van der Waals surface area (Å²) in [7, 11) is 0.923. The second-order valence-corrected chi connectivity index (χ2v) is 8.88. The Labute approximate surface area is 137 Å². The van der Waals surface area contributed by atoms with E-state index in [9.17, 15) is 8.42 Å². The summed E-state index contributed by atoms with van der Waals surface area (Å²) >= 11 is 3.92. The van der Waals surface area contributed by atoms with Gasteiger partial charge in [-0.05, 0) is 0 Å². The molecule has 0 aromatic carbocycles. The van der Waals surface area contributed by atoms with Gasteiger partial charge in [-0.3, -0.25) is 0 Å². The topological polar surface area (TPSA) is 43.4 Å². The molecule has 0 spiro atoms. The van der Waals surface area contributed by atoms with Crippen molar-refractivity contribution in [2.24, 2.45) is 0 Å². The van der Waals surface area contributed by atoms with Gasteiger partial charge < -0.3 is 0 Å². The van der Waals surface area contributed by atoms with E-state index in [1.54, 1.807) is 0 Å². The van der Waals surface area contributed by atoms with E-state index >= 15 is 0 Å². The molecule has 2 rings (SSSR count). The molecule has 0 amide bonds. The van der Waals surface area contributed by atoms with Gasteiger partial charge in [0.15, 0.2) is 0 Å². The van der Waals surface area contributed by atoms with Gasteiger partial charge in [0, 0.05) is 27.3 Å². The Morgan fingerprint density at radius 2 is 1.76 bits per heavy atom. The fourth-order valence-electron chi connectivity index (χ4n) is 2.14. The summed E-state index contributed by atoms with van der Waals surface area (Å²) < 4.78 is 29.2. The Hall–Kier alpha value is 2.09. The van der Waals surface area contributed by atoms with Crippen LogP contribution in [0.5, 0.6) is 0 Å². The second-order valence-electron chi connectivity index (χ2n) is 4.67. The number of rotatable bonds is 6. The minimum atomic E-state index is -3.00. The average Bonchev–Trinajstić information content (AvgIpc) is 3.14. The predicted octanol–water partition coefficient (Wildman–Crippen LogP) is 1.94. The van der Waals surface area contributed by atoms with Crippen LogP contribution in [0.2, 0.25) is 0 Å². The first-order valence-electron chi connectivity index (χ1n) is 5.30. The van der Waals surface area contributed by atoms with Crippen LogP contribution in [0.3, 0.4) is 0 Å². The van der Waals surface area contributed by atoms with E-state index in [1.807, 2.05) is 0 Å². The van der Waals surface area contributed by atoms with Gasteiger partial charge in [-0.2, -0.15) is 0 Å². The van der Waals surface area contributed by atoms with E-state index in [0.717, 1.165) is 25.7 Å². The molecule has 97 valence electrons. The summed E-state index contributed by atoms with van der Waals surface area (Å²) in [5.41, 5.74) is 0. The molecule has 0 aromatic heterocycles. The van der Waals surface area contributed by atoms with Crippen molar-refractivity contribution in [3.63, 3.8) is 0 Å². The summed E-state index contributed by atoms with van der Waals surface area (Å²) in [5.74, 6) is 0. The molecular weight excluding hydrogens is 535 g/mol. The number of hydrogen-bond donors (Lipinski definition) is 0. The summed E-state index contributed by atoms with van der Waals surface area (Å²) in [5, 5.41) is 0.579. The fourth-order valence-corrected chi connectivity index (χ4v) is 6.71. The van der Waals surface area contributed by atoms with Crippen molar-refractivity contribution < 1.29 is 12.6 Å². The number of hydrogen-bond acceptors (Lipinski definition) is 4. The minimum absolute atomic E-state index is 0. The summed E-state index contributed by atoms with van der Waals surface area (Å²) in [6.07, 6.45) is 3.85. The Bertz CT molecular complexity index is 426. The first-order valence-corrected chi connectivity index (χ1v) is 9.87. The zero-order chi connectivity index (χ0) is 11.9. The van der Waals surface area contributed by atoms with Crippen molar-refractivity contribution >= 4 is 71.9 Å². The standard InChI is InChI=1S/C9H15BrO3PS2.Tl/c10-7-9(3-4-9)16(11,12)8(1-2-8)5-6-13-15-14;/h15H,1-7H2;/q-1;. The number of thiol groups is 1. The molecule has 0 saturated heterocycles. The van der Waals surface area contributed by atoms with Gasteiger partial charge in [-0.25, -0.2) is 0 Å². The van der Waals surface area contributed by atoms with Gasteiger partial charge in [-0.15, -0.1) is 0 Å². The third-order valence-electron chi connectivity index (χ3n) is 3.71. The van der Waals surface area contributed by atoms with Crippen LogP contribution in [-0.4, -0.2) is 57.1 Å². The molecule has 2 saturated carbocycles. The predicted molar refractivity (Wildman–Crippen MR) is 78.6 cm³/mol. The number of sulfone groups is 1. The minimum Gasteiger partial charge on any atom is 0 e. The van der Waals surface area contributed by atoms with E-state index in [-0.39, 0.29) is 27.3 Å². The van der Waals surface area contributed by atoms with Gasteiger partial charge in [0.25, 0.3) is 0 Å². The van der Waals surface area contributed by atoms with Crippen LogP contribution in [0.15, 0.2) is 0 Å². The molecule has 2 aliphatic carbocycles. The first-order chi connectivity index (χ1) is 7.54. The molecule has 0 bridgehead atoms. The third kappa shape index (κ3) is 3.07. The maximum absolute atomic E-state index is 12.5. The van der Waals surface area contributed by atoms with Crippen molar-refractivity contribution in [1.29, 1.82) is 0 Å². The molecule has 0 atom stereocenters. The van der Waals surface area contributed by atoms with Crippen LogP contribution in [-0.2, 0) is 25.0 Å². The van der Waals surface area contributed by atoms with Crippen LogP contribution in [0.1, 0.15) is 32.1 Å². The molecule has 17 heavy (non-hydrogen) atoms. The van der Waals surface area contributed by atoms with Crippen molar-refractivity contribution in [2.75, 3.05) is 11.9 Å². The van der Waals surface area contributed by atoms with Crippen molar-refractivity contribution in [2.45, 2.75) is 41.6 Å². The summed E-state index contributed by atoms with van der Waals surface area (Å²) in [6.45, 7) is 0.489. The van der Waals surface area contributed by atoms with Crippen molar-refractivity contribution in [1.82, 2.24) is 0 Å². The van der Waals surface area contributed by atoms with Crippen molar-refractivity contribution in [3.05, 3.63) is 0 Å². The number of alkyl halides is 1. The Balaban J connectivity index is 0.00000144. The summed E-state index contributed by atoms with van der Waals surface area (Å²) in [6, 6.07) is 0. The molecule has 0 N–H and O–H groups in total. The van der Waals surface area contributed by atoms with E-state index in [2.05, 4.69) is 23.7 Å². The van der Waals surface area contributed by atoms with Gasteiger partial charge >= 0.3 is 111 Å². The molecule has 0 heterocycles. The maximum atomic E-state index is 12.5. The van der Waals surface area contributed by atoms with Gasteiger partial charge in [0.05, 0.1) is 0 Å². The number of halogens is 1. The molecule has 2 aliphatic rings. The van der Waals surface area contributed by atoms with Crippen LogP contribution in [0, 0.1) is 0 Å². The Morgan fingerprint density at radius 3 is 2.12 bits per heavy atom. The molecular formula is C9H15BrO3PS2Tl-. The zero-order valence-electron chi connectivity index (χ0n) is 9.43. The van der Waals surface area contributed by atoms with Gasteiger partial charge in [0.2, 0.25) is 0 Å². The largest absolute Gasteiger partial charge is 0 e. The molecule has 1 radical (unpaired) electrons. The molecule has 0 aliphatic heterocycles. The van der Waals surface area contributed by atoms with Crippen LogP contribution in [0.25, 0.3) is 0 Å². The monoisotopic (exact) mass is 550 g/mol. The molecule has 0 unspecified atom stereocenters. The van der Waals surface area contributed by atoms with E-state index in [0.29, 0.717) is 29.4 Å². The van der Waals surface area contributed by atoms with E-state index < -0.39 is 19.3 Å². The molecule has 8 heteroatoms. The van der Waals surface area contributed by atoms with E-state index in [4.69, 9.17) is 4.18 Å². The van der Waals surface area contributed by atoms with Crippen LogP contribution >= 0.6 is 23.7 Å². The first kappa shape index (κ1) is 17.1. The average molecular weight is 551 g/mol. The maximum Gasteiger partial charge on any atom is 0 e. The normalized spacial score (nSPS) is 23.8. The van der Waals surface area contributed by atoms with Gasteiger partial charge in [-0.1, -0.05) is 0 Å². The van der Waals surface area contributed by atoms with Gasteiger partial charge in [0.1, 0.15) is 0 Å². The zero-order valence-corrected chi connectivity index (χ0v) is 18.1. The SMILES string of the molecule is O=S(=O)(C1(CBr)CC1)C1(CCO[SH-]#P)CC1.[Tl]. The molecule has 2 fully saturated rings. The smallest absolute Gasteiger partial charge is 0 e. The fraction of sp³-hybridized carbons (Fsp3) is 1.00. The third-order valence-corrected chi connectivity index (χ3v) is 9.24. The second kappa shape index (κ2) is 6.24. The van der Waals surface area contributed by atoms with Crippen LogP contribution < -0.4 is 0 Å². The Kier molecular flexibility index (Phi) is 6.30. The molecule has 3 nitrogen and oxygen atoms in total. The summed E-state index contributed by atoms with van der Waals surface area (Å²) in [4.78, 5) is 0. The molecule has 0 aromatic rings. The van der Waals surface area contributed by atoms with Crippen LogP contribution in [0.4, 0.5) is 0 Å². The van der Waals surface area contributed by atoms with E-state index in [1.165, 1.54) is 0 Å². The quantitative estimate of drug-likeness (QED) is 0.127. The van der Waals surface area contributed by atoms with Crippen molar-refractivity contribution in [3.8, 4) is 0 Å².